The Morgan fingerprint density at radius 3 is 2.79 bits per heavy atom. The van der Waals surface area contributed by atoms with Crippen LogP contribution in [-0.4, -0.2) is 60.1 Å². The second kappa shape index (κ2) is 8.26. The maximum Gasteiger partial charge on any atom is 0.281 e. The van der Waals surface area contributed by atoms with E-state index in [-0.39, 0.29) is 36.6 Å². The molecule has 14 heteroatoms. The normalized spacial score (nSPS) is 24.2. The van der Waals surface area contributed by atoms with E-state index in [4.69, 9.17) is 10.1 Å². The van der Waals surface area contributed by atoms with Crippen LogP contribution in [0, 0.1) is 11.2 Å². The first-order chi connectivity index (χ1) is 15.6. The van der Waals surface area contributed by atoms with Crippen LogP contribution in [-0.2, 0) is 20.3 Å². The lowest BCUT2D eigenvalue weighted by Gasteiger charge is -2.50. The number of sulfonamides is 1. The molecule has 1 aromatic carbocycles. The molecular formula is C19H19F3N6O4S. The summed E-state index contributed by atoms with van der Waals surface area (Å²) < 4.78 is 72.5. The summed E-state index contributed by atoms with van der Waals surface area (Å²) in [7, 11) is -2.76. The molecule has 3 heterocycles. The zero-order valence-corrected chi connectivity index (χ0v) is 18.0. The van der Waals surface area contributed by atoms with Gasteiger partial charge >= 0.3 is 0 Å². The molecule has 10 nitrogen and oxygen atoms in total. The summed E-state index contributed by atoms with van der Waals surface area (Å²) in [6.45, 7) is -0.0815. The predicted molar refractivity (Wildman–Crippen MR) is 110 cm³/mol. The maximum atomic E-state index is 15.0. The molecule has 1 unspecified atom stereocenters. The molecule has 2 aliphatic heterocycles. The van der Waals surface area contributed by atoms with E-state index in [0.717, 1.165) is 22.8 Å². The molecular weight excluding hydrogens is 465 g/mol. The first kappa shape index (κ1) is 22.9. The molecule has 2 saturated heterocycles. The number of halogens is 3. The third kappa shape index (κ3) is 3.88. The van der Waals surface area contributed by atoms with Crippen molar-refractivity contribution >= 4 is 27.6 Å². The van der Waals surface area contributed by atoms with Gasteiger partial charge in [0, 0.05) is 24.9 Å². The van der Waals surface area contributed by atoms with E-state index < -0.39 is 50.6 Å². The van der Waals surface area contributed by atoms with Crippen molar-refractivity contribution in [2.45, 2.75) is 23.6 Å². The van der Waals surface area contributed by atoms with Crippen molar-refractivity contribution in [1.82, 2.24) is 19.6 Å². The second-order valence-corrected chi connectivity index (χ2v) is 9.71. The summed E-state index contributed by atoms with van der Waals surface area (Å²) >= 11 is 0. The summed E-state index contributed by atoms with van der Waals surface area (Å²) in [5.41, 5.74) is -2.44. The van der Waals surface area contributed by atoms with Gasteiger partial charge in [-0.3, -0.25) is 15.2 Å². The lowest BCUT2D eigenvalue weighted by Crippen LogP contribution is -2.70. The van der Waals surface area contributed by atoms with E-state index in [1.54, 1.807) is 0 Å². The highest BCUT2D eigenvalue weighted by Crippen LogP contribution is 2.41. The van der Waals surface area contributed by atoms with Gasteiger partial charge in [-0.2, -0.15) is 0 Å². The van der Waals surface area contributed by atoms with E-state index in [1.807, 2.05) is 0 Å². The number of alkyl halides is 2. The van der Waals surface area contributed by atoms with Gasteiger partial charge in [0.15, 0.2) is 0 Å². The van der Waals surface area contributed by atoms with Gasteiger partial charge in [0.05, 0.1) is 19.0 Å². The number of carbonyl (C=O) groups excluding carboxylic acids is 1. The van der Waals surface area contributed by atoms with E-state index in [0.29, 0.717) is 0 Å². The van der Waals surface area contributed by atoms with Crippen LogP contribution in [0.5, 0.6) is 0 Å². The molecule has 2 aromatic rings. The average molecular weight is 484 g/mol. The van der Waals surface area contributed by atoms with Gasteiger partial charge in [0.1, 0.15) is 28.0 Å². The third-order valence-corrected chi connectivity index (χ3v) is 7.94. The van der Waals surface area contributed by atoms with Crippen LogP contribution in [0.4, 0.5) is 18.9 Å². The number of nitrogens with one attached hydrogen (secondary N) is 3. The van der Waals surface area contributed by atoms with Crippen LogP contribution < -0.4 is 10.6 Å². The Labute approximate surface area is 186 Å². The van der Waals surface area contributed by atoms with Crippen molar-refractivity contribution in [3.63, 3.8) is 0 Å². The molecule has 2 aliphatic rings. The van der Waals surface area contributed by atoms with Crippen molar-refractivity contribution in [3.05, 3.63) is 53.4 Å². The van der Waals surface area contributed by atoms with Gasteiger partial charge in [0.25, 0.3) is 12.3 Å². The van der Waals surface area contributed by atoms with Crippen molar-refractivity contribution in [2.75, 3.05) is 25.6 Å². The molecule has 2 atom stereocenters. The Kier molecular flexibility index (Phi) is 5.74. The SMILES string of the molecule is CN1C(=N)N[C@@]2(c3cc(NC(=O)c4cnc(C(F)F)cn4)ccc3F)COCCC2S1(=O)=O. The molecule has 0 spiro atoms. The molecule has 176 valence electrons. The Bertz CT molecular complexity index is 1210. The topological polar surface area (TPSA) is 137 Å². The van der Waals surface area contributed by atoms with Crippen molar-refractivity contribution in [3.8, 4) is 0 Å². The number of hydrogen-bond donors (Lipinski definition) is 3. The summed E-state index contributed by atoms with van der Waals surface area (Å²) in [5, 5.41) is 12.2. The van der Waals surface area contributed by atoms with E-state index in [1.165, 1.54) is 19.2 Å². The van der Waals surface area contributed by atoms with E-state index in [2.05, 4.69) is 20.6 Å². The molecule has 0 aliphatic carbocycles. The number of nitrogens with zero attached hydrogens (tertiary/aromatic N) is 3. The number of aromatic nitrogens is 2. The summed E-state index contributed by atoms with van der Waals surface area (Å²) in [5.74, 6) is -1.99. The highest BCUT2D eigenvalue weighted by Gasteiger charge is 2.57. The van der Waals surface area contributed by atoms with Crippen molar-refractivity contribution < 1.29 is 31.1 Å². The van der Waals surface area contributed by atoms with Crippen molar-refractivity contribution in [1.29, 1.82) is 5.41 Å². The minimum Gasteiger partial charge on any atom is -0.379 e. The Balaban J connectivity index is 1.69. The fraction of sp³-hybridized carbons (Fsp3) is 0.368. The van der Waals surface area contributed by atoms with E-state index >= 15 is 0 Å². The number of rotatable bonds is 4. The van der Waals surface area contributed by atoms with Gasteiger partial charge in [-0.15, -0.1) is 0 Å². The lowest BCUT2D eigenvalue weighted by atomic mass is 9.83. The van der Waals surface area contributed by atoms with Gasteiger partial charge in [-0.25, -0.2) is 30.9 Å². The number of benzene rings is 1. The monoisotopic (exact) mass is 484 g/mol. The van der Waals surface area contributed by atoms with Gasteiger partial charge in [-0.05, 0) is 24.6 Å². The zero-order chi connectivity index (χ0) is 24.0. The van der Waals surface area contributed by atoms with E-state index in [9.17, 15) is 26.4 Å². The molecule has 2 fully saturated rings. The van der Waals surface area contributed by atoms with Crippen LogP contribution >= 0.6 is 0 Å². The quantitative estimate of drug-likeness (QED) is 0.599. The standard InChI is InChI=1S/C19H19F3N6O4S/c1-28-18(23)27-19(9-32-5-4-15(19)33(28,30)31)11-6-10(2-3-12(11)20)26-17(29)14-8-24-13(7-25-14)16(21)22/h2-3,6-8,15-16H,4-5,9H2,1H3,(H2,23,27)(H,26,29)/t15?,19-/m1/s1. The second-order valence-electron chi connectivity index (χ2n) is 7.56. The first-order valence-electron chi connectivity index (χ1n) is 9.70. The molecule has 3 N–H and O–H groups in total. The summed E-state index contributed by atoms with van der Waals surface area (Å²) in [6.07, 6.45) is -1.11. The number of ether oxygens (including phenoxy) is 1. The van der Waals surface area contributed by atoms with Crippen LogP contribution in [0.2, 0.25) is 0 Å². The third-order valence-electron chi connectivity index (χ3n) is 5.63. The van der Waals surface area contributed by atoms with Crippen LogP contribution in [0.15, 0.2) is 30.6 Å². The number of fused-ring (bicyclic) bond motifs is 1. The predicted octanol–water partition coefficient (Wildman–Crippen LogP) is 1.59. The van der Waals surface area contributed by atoms with Gasteiger partial charge < -0.3 is 15.4 Å². The molecule has 0 bridgehead atoms. The largest absolute Gasteiger partial charge is 0.379 e. The van der Waals surface area contributed by atoms with Crippen LogP contribution in [0.3, 0.4) is 0 Å². The fourth-order valence-electron chi connectivity index (χ4n) is 3.92. The number of anilines is 1. The number of amides is 1. The summed E-state index contributed by atoms with van der Waals surface area (Å²) in [6, 6.07) is 3.55. The van der Waals surface area contributed by atoms with Crippen LogP contribution in [0.25, 0.3) is 0 Å². The average Bonchev–Trinajstić information content (AvgIpc) is 2.79. The van der Waals surface area contributed by atoms with Crippen LogP contribution in [0.1, 0.15) is 34.6 Å². The fourth-order valence-corrected chi connectivity index (χ4v) is 5.76. The van der Waals surface area contributed by atoms with Crippen molar-refractivity contribution in [2.24, 2.45) is 0 Å². The molecule has 4 rings (SSSR count). The van der Waals surface area contributed by atoms with Gasteiger partial charge in [-0.1, -0.05) is 0 Å². The van der Waals surface area contributed by atoms with Gasteiger partial charge in [0.2, 0.25) is 16.0 Å². The zero-order valence-electron chi connectivity index (χ0n) is 17.2. The molecule has 33 heavy (non-hydrogen) atoms. The summed E-state index contributed by atoms with van der Waals surface area (Å²) in [4.78, 5) is 19.6. The molecule has 1 amide bonds. The Morgan fingerprint density at radius 1 is 1.36 bits per heavy atom. The minimum atomic E-state index is -3.99. The Hall–Kier alpha value is -3.26. The Morgan fingerprint density at radius 2 is 2.12 bits per heavy atom. The molecule has 0 radical (unpaired) electrons. The molecule has 1 aromatic heterocycles. The minimum absolute atomic E-state index is 0.0645. The maximum absolute atomic E-state index is 15.0. The lowest BCUT2D eigenvalue weighted by molar-refractivity contribution is 0.0237. The highest BCUT2D eigenvalue weighted by atomic mass is 32.2. The smallest absolute Gasteiger partial charge is 0.281 e. The highest BCUT2D eigenvalue weighted by molar-refractivity contribution is 7.90. The molecule has 0 saturated carbocycles. The number of hydrogen-bond acceptors (Lipinski definition) is 7. The first-order valence-corrected chi connectivity index (χ1v) is 11.2. The number of carbonyl (C=O) groups is 1. The number of guanidine groups is 1.